The van der Waals surface area contributed by atoms with Crippen LogP contribution in [0.4, 0.5) is 0 Å². The lowest BCUT2D eigenvalue weighted by Gasteiger charge is -2.34. The maximum Gasteiger partial charge on any atom is 0.251 e. The number of ether oxygens (including phenoxy) is 1. The van der Waals surface area contributed by atoms with Gasteiger partial charge in [-0.3, -0.25) is 9.69 Å². The third-order valence-electron chi connectivity index (χ3n) is 4.63. The summed E-state index contributed by atoms with van der Waals surface area (Å²) in [5.41, 5.74) is 2.26. The maximum atomic E-state index is 12.5. The van der Waals surface area contributed by atoms with Crippen LogP contribution in [-0.4, -0.2) is 49.7 Å². The van der Waals surface area contributed by atoms with Gasteiger partial charge in [-0.05, 0) is 30.2 Å². The van der Waals surface area contributed by atoms with Crippen molar-refractivity contribution in [3.8, 4) is 6.07 Å². The first-order chi connectivity index (χ1) is 12.8. The molecule has 5 heteroatoms. The summed E-state index contributed by atoms with van der Waals surface area (Å²) in [4.78, 5) is 14.9. The summed E-state index contributed by atoms with van der Waals surface area (Å²) in [7, 11) is 0. The van der Waals surface area contributed by atoms with Crippen molar-refractivity contribution in [2.45, 2.75) is 12.5 Å². The molecule has 1 heterocycles. The molecule has 134 valence electrons. The Morgan fingerprint density at radius 1 is 1.15 bits per heavy atom. The third kappa shape index (κ3) is 4.92. The molecule has 0 spiro atoms. The van der Waals surface area contributed by atoms with E-state index in [9.17, 15) is 4.79 Å². The number of amides is 1. The summed E-state index contributed by atoms with van der Waals surface area (Å²) in [6.07, 6.45) is 0.874. The minimum atomic E-state index is -0.145. The smallest absolute Gasteiger partial charge is 0.251 e. The molecule has 1 amide bonds. The van der Waals surface area contributed by atoms with Crippen molar-refractivity contribution in [3.63, 3.8) is 0 Å². The average molecular weight is 349 g/mol. The van der Waals surface area contributed by atoms with Gasteiger partial charge in [-0.2, -0.15) is 5.26 Å². The zero-order chi connectivity index (χ0) is 18.2. The molecule has 1 aliphatic heterocycles. The first kappa shape index (κ1) is 18.1. The van der Waals surface area contributed by atoms with Crippen molar-refractivity contribution in [2.75, 3.05) is 32.8 Å². The van der Waals surface area contributed by atoms with Crippen molar-refractivity contribution in [2.24, 2.45) is 0 Å². The maximum absolute atomic E-state index is 12.5. The van der Waals surface area contributed by atoms with E-state index in [-0.39, 0.29) is 11.9 Å². The SMILES string of the molecule is N#Cc1cccc(C(=O)NCC(Cc2ccccc2)N2CCOCC2)c1. The van der Waals surface area contributed by atoms with Gasteiger partial charge in [0.05, 0.1) is 24.8 Å². The van der Waals surface area contributed by atoms with Crippen molar-refractivity contribution in [1.82, 2.24) is 10.2 Å². The molecule has 3 rings (SSSR count). The van der Waals surface area contributed by atoms with Crippen LogP contribution in [0, 0.1) is 11.3 Å². The van der Waals surface area contributed by atoms with Gasteiger partial charge < -0.3 is 10.1 Å². The highest BCUT2D eigenvalue weighted by Gasteiger charge is 2.22. The molecule has 0 aromatic heterocycles. The van der Waals surface area contributed by atoms with E-state index in [0.29, 0.717) is 17.7 Å². The number of benzene rings is 2. The first-order valence-corrected chi connectivity index (χ1v) is 8.90. The van der Waals surface area contributed by atoms with Crippen LogP contribution in [-0.2, 0) is 11.2 Å². The molecule has 2 aromatic carbocycles. The van der Waals surface area contributed by atoms with Gasteiger partial charge in [-0.1, -0.05) is 36.4 Å². The van der Waals surface area contributed by atoms with Gasteiger partial charge in [-0.15, -0.1) is 0 Å². The predicted octanol–water partition coefficient (Wildman–Crippen LogP) is 2.23. The van der Waals surface area contributed by atoms with E-state index in [1.807, 2.05) is 18.2 Å². The van der Waals surface area contributed by atoms with Gasteiger partial charge in [0.2, 0.25) is 0 Å². The molecule has 2 aromatic rings. The Hall–Kier alpha value is -2.68. The Kier molecular flexibility index (Phi) is 6.37. The summed E-state index contributed by atoms with van der Waals surface area (Å²) < 4.78 is 5.46. The molecule has 0 bridgehead atoms. The van der Waals surface area contributed by atoms with Crippen LogP contribution in [0.25, 0.3) is 0 Å². The van der Waals surface area contributed by atoms with Gasteiger partial charge >= 0.3 is 0 Å². The predicted molar refractivity (Wildman–Crippen MR) is 99.8 cm³/mol. The Bertz CT molecular complexity index is 764. The molecular formula is C21H23N3O2. The lowest BCUT2D eigenvalue weighted by molar-refractivity contribution is 0.0167. The highest BCUT2D eigenvalue weighted by atomic mass is 16.5. The summed E-state index contributed by atoms with van der Waals surface area (Å²) in [6.45, 7) is 3.76. The monoisotopic (exact) mass is 349 g/mol. The van der Waals surface area contributed by atoms with Gasteiger partial charge in [0, 0.05) is 31.2 Å². The number of carbonyl (C=O) groups is 1. The second-order valence-electron chi connectivity index (χ2n) is 6.39. The fourth-order valence-corrected chi connectivity index (χ4v) is 3.20. The van der Waals surface area contributed by atoms with E-state index >= 15 is 0 Å². The van der Waals surface area contributed by atoms with E-state index in [1.165, 1.54) is 5.56 Å². The molecule has 0 saturated carbocycles. The fraction of sp³-hybridized carbons (Fsp3) is 0.333. The first-order valence-electron chi connectivity index (χ1n) is 8.90. The molecule has 0 aliphatic carbocycles. The summed E-state index contributed by atoms with van der Waals surface area (Å²) in [5.74, 6) is -0.145. The van der Waals surface area contributed by atoms with Gasteiger partial charge in [0.25, 0.3) is 5.91 Å². The lowest BCUT2D eigenvalue weighted by atomic mass is 10.0. The van der Waals surface area contributed by atoms with Crippen LogP contribution >= 0.6 is 0 Å². The van der Waals surface area contributed by atoms with Gasteiger partial charge in [0.15, 0.2) is 0 Å². The fourth-order valence-electron chi connectivity index (χ4n) is 3.20. The number of carbonyl (C=O) groups excluding carboxylic acids is 1. The minimum absolute atomic E-state index is 0.145. The Morgan fingerprint density at radius 3 is 2.65 bits per heavy atom. The van der Waals surface area contributed by atoms with E-state index in [1.54, 1.807) is 24.3 Å². The second-order valence-corrected chi connectivity index (χ2v) is 6.39. The Morgan fingerprint density at radius 2 is 1.92 bits per heavy atom. The number of hydrogen-bond donors (Lipinski definition) is 1. The zero-order valence-electron chi connectivity index (χ0n) is 14.7. The van der Waals surface area contributed by atoms with Crippen molar-refractivity contribution in [3.05, 3.63) is 71.3 Å². The topological polar surface area (TPSA) is 65.4 Å². The number of morpholine rings is 1. The number of nitrogens with zero attached hydrogens (tertiary/aromatic N) is 2. The Balaban J connectivity index is 1.66. The van der Waals surface area contributed by atoms with E-state index < -0.39 is 0 Å². The lowest BCUT2D eigenvalue weighted by Crippen LogP contribution is -2.49. The van der Waals surface area contributed by atoms with Crippen LogP contribution in [0.5, 0.6) is 0 Å². The molecule has 1 fully saturated rings. The van der Waals surface area contributed by atoms with Crippen LogP contribution < -0.4 is 5.32 Å². The average Bonchev–Trinajstić information content (AvgIpc) is 2.72. The standard InChI is InChI=1S/C21H23N3O2/c22-15-18-7-4-8-19(13-18)21(25)23-16-20(24-9-11-26-12-10-24)14-17-5-2-1-3-6-17/h1-8,13,20H,9-12,14,16H2,(H,23,25). The van der Waals surface area contributed by atoms with Crippen molar-refractivity contribution >= 4 is 5.91 Å². The number of nitrogens with one attached hydrogen (secondary N) is 1. The Labute approximate surface area is 154 Å². The molecule has 1 N–H and O–H groups in total. The quantitative estimate of drug-likeness (QED) is 0.869. The highest BCUT2D eigenvalue weighted by Crippen LogP contribution is 2.11. The molecule has 26 heavy (non-hydrogen) atoms. The molecule has 1 atom stereocenters. The van der Waals surface area contributed by atoms with E-state index in [2.05, 4.69) is 28.4 Å². The van der Waals surface area contributed by atoms with E-state index in [4.69, 9.17) is 10.00 Å². The van der Waals surface area contributed by atoms with E-state index in [0.717, 1.165) is 32.7 Å². The molecule has 1 unspecified atom stereocenters. The van der Waals surface area contributed by atoms with Crippen LogP contribution in [0.1, 0.15) is 21.5 Å². The largest absolute Gasteiger partial charge is 0.379 e. The molecule has 0 radical (unpaired) electrons. The summed E-state index contributed by atoms with van der Waals surface area (Å²) in [6, 6.07) is 19.4. The molecule has 5 nitrogen and oxygen atoms in total. The van der Waals surface area contributed by atoms with Crippen LogP contribution in [0.15, 0.2) is 54.6 Å². The number of nitriles is 1. The van der Waals surface area contributed by atoms with Crippen LogP contribution in [0.2, 0.25) is 0 Å². The number of rotatable bonds is 6. The number of hydrogen-bond acceptors (Lipinski definition) is 4. The molecular weight excluding hydrogens is 326 g/mol. The zero-order valence-corrected chi connectivity index (χ0v) is 14.7. The van der Waals surface area contributed by atoms with Crippen molar-refractivity contribution in [1.29, 1.82) is 5.26 Å². The van der Waals surface area contributed by atoms with Gasteiger partial charge in [-0.25, -0.2) is 0 Å². The minimum Gasteiger partial charge on any atom is -0.379 e. The molecule has 1 aliphatic rings. The second kappa shape index (κ2) is 9.14. The van der Waals surface area contributed by atoms with Crippen LogP contribution in [0.3, 0.4) is 0 Å². The summed E-state index contributed by atoms with van der Waals surface area (Å²) in [5, 5.41) is 12.0. The molecule has 1 saturated heterocycles. The highest BCUT2D eigenvalue weighted by molar-refractivity contribution is 5.94. The third-order valence-corrected chi connectivity index (χ3v) is 4.63. The van der Waals surface area contributed by atoms with Gasteiger partial charge in [0.1, 0.15) is 0 Å². The summed E-state index contributed by atoms with van der Waals surface area (Å²) >= 11 is 0. The normalized spacial score (nSPS) is 15.8. The van der Waals surface area contributed by atoms with Crippen molar-refractivity contribution < 1.29 is 9.53 Å².